The van der Waals surface area contributed by atoms with Gasteiger partial charge in [-0.15, -0.1) is 5.10 Å². The highest BCUT2D eigenvalue weighted by Crippen LogP contribution is 2.29. The molecule has 0 N–H and O–H groups in total. The van der Waals surface area contributed by atoms with Gasteiger partial charge in [-0.2, -0.15) is 18.3 Å². The van der Waals surface area contributed by atoms with Crippen molar-refractivity contribution in [1.29, 1.82) is 0 Å². The number of rotatable bonds is 5. The van der Waals surface area contributed by atoms with Crippen molar-refractivity contribution in [3.63, 3.8) is 0 Å². The maximum absolute atomic E-state index is 12.9. The van der Waals surface area contributed by atoms with Crippen LogP contribution in [0.4, 0.5) is 13.2 Å². The summed E-state index contributed by atoms with van der Waals surface area (Å²) in [5.41, 5.74) is 3.00. The fraction of sp³-hybridized carbons (Fsp3) is 0.238. The number of hydrogen-bond acceptors (Lipinski definition) is 6. The maximum atomic E-state index is 12.9. The number of pyridine rings is 2. The molecule has 0 bridgehead atoms. The third kappa shape index (κ3) is 4.13. The number of alkyl halides is 3. The largest absolute Gasteiger partial charge is 0.416 e. The molecule has 0 fully saturated rings. The average molecular weight is 441 g/mol. The number of Topliss-reactive ketones (excluding diaryl/α,β-unsaturated/α-hetero) is 1. The molecule has 0 aliphatic carbocycles. The van der Waals surface area contributed by atoms with Crippen LogP contribution in [0.2, 0.25) is 0 Å². The molecule has 0 unspecified atom stereocenters. The Morgan fingerprint density at radius 1 is 1.12 bits per heavy atom. The molecule has 32 heavy (non-hydrogen) atoms. The van der Waals surface area contributed by atoms with Crippen molar-refractivity contribution in [2.24, 2.45) is 7.05 Å². The number of carbonyl (C=O) groups excluding carboxylic acids is 1. The topological polar surface area (TPSA) is 91.4 Å². The zero-order chi connectivity index (χ0) is 23.0. The summed E-state index contributed by atoms with van der Waals surface area (Å²) in [7, 11) is 1.83. The predicted octanol–water partition coefficient (Wildman–Crippen LogP) is 3.52. The lowest BCUT2D eigenvalue weighted by Crippen LogP contribution is -2.11. The molecule has 0 aliphatic rings. The Balaban J connectivity index is 1.60. The summed E-state index contributed by atoms with van der Waals surface area (Å²) in [6, 6.07) is 3.29. The van der Waals surface area contributed by atoms with E-state index < -0.39 is 17.5 Å². The number of hydrogen-bond donors (Lipinski definition) is 0. The normalized spacial score (nSPS) is 11.7. The lowest BCUT2D eigenvalue weighted by molar-refractivity contribution is -0.137. The van der Waals surface area contributed by atoms with Gasteiger partial charge in [0, 0.05) is 37.1 Å². The highest BCUT2D eigenvalue weighted by atomic mass is 19.4. The van der Waals surface area contributed by atoms with Crippen LogP contribution < -0.4 is 0 Å². The highest BCUT2D eigenvalue weighted by molar-refractivity contribution is 5.95. The summed E-state index contributed by atoms with van der Waals surface area (Å²) in [5, 5.41) is 12.6. The molecule has 0 aliphatic heterocycles. The van der Waals surface area contributed by atoms with Gasteiger partial charge in [-0.1, -0.05) is 5.21 Å². The Labute approximate surface area is 180 Å². The SMILES string of the molecule is Cc1ncc(CC(=O)c2cc(C(F)(F)F)ccn2)cc1-n1cc(-c2cnn(C)c2C)nn1. The van der Waals surface area contributed by atoms with Crippen LogP contribution in [0.5, 0.6) is 0 Å². The minimum atomic E-state index is -4.55. The zero-order valence-electron chi connectivity index (χ0n) is 17.4. The molecule has 8 nitrogen and oxygen atoms in total. The summed E-state index contributed by atoms with van der Waals surface area (Å²) in [4.78, 5) is 20.6. The van der Waals surface area contributed by atoms with Crippen LogP contribution in [-0.2, 0) is 19.6 Å². The van der Waals surface area contributed by atoms with Gasteiger partial charge >= 0.3 is 6.18 Å². The molecule has 4 aromatic heterocycles. The number of carbonyl (C=O) groups is 1. The maximum Gasteiger partial charge on any atom is 0.416 e. The first kappa shape index (κ1) is 21.3. The van der Waals surface area contributed by atoms with Crippen LogP contribution in [-0.4, -0.2) is 40.5 Å². The summed E-state index contributed by atoms with van der Waals surface area (Å²) in [6.45, 7) is 3.70. The smallest absolute Gasteiger partial charge is 0.292 e. The lowest BCUT2D eigenvalue weighted by Gasteiger charge is -2.09. The minimum Gasteiger partial charge on any atom is -0.292 e. The van der Waals surface area contributed by atoms with E-state index in [2.05, 4.69) is 25.4 Å². The third-order valence-electron chi connectivity index (χ3n) is 5.11. The molecule has 0 saturated heterocycles. The number of ketones is 1. The van der Waals surface area contributed by atoms with Gasteiger partial charge in [0.05, 0.1) is 29.3 Å². The molecule has 0 radical (unpaired) electrons. The molecule has 11 heteroatoms. The van der Waals surface area contributed by atoms with Gasteiger partial charge in [0.15, 0.2) is 5.78 Å². The van der Waals surface area contributed by atoms with Gasteiger partial charge in [0.1, 0.15) is 11.4 Å². The first-order valence-corrected chi connectivity index (χ1v) is 9.57. The molecule has 0 aromatic carbocycles. The van der Waals surface area contributed by atoms with Crippen LogP contribution >= 0.6 is 0 Å². The summed E-state index contributed by atoms with van der Waals surface area (Å²) in [6.07, 6.45) is 1.21. The monoisotopic (exact) mass is 441 g/mol. The van der Waals surface area contributed by atoms with Crippen molar-refractivity contribution < 1.29 is 18.0 Å². The van der Waals surface area contributed by atoms with Crippen LogP contribution in [0.15, 0.2) is 43.0 Å². The summed E-state index contributed by atoms with van der Waals surface area (Å²) in [5.74, 6) is -0.544. The Morgan fingerprint density at radius 3 is 2.59 bits per heavy atom. The molecule has 4 aromatic rings. The van der Waals surface area contributed by atoms with Gasteiger partial charge in [-0.3, -0.25) is 19.4 Å². The molecule has 4 heterocycles. The van der Waals surface area contributed by atoms with E-state index in [1.54, 1.807) is 34.7 Å². The van der Waals surface area contributed by atoms with Crippen molar-refractivity contribution >= 4 is 5.78 Å². The van der Waals surface area contributed by atoms with E-state index >= 15 is 0 Å². The van der Waals surface area contributed by atoms with Gasteiger partial charge < -0.3 is 0 Å². The van der Waals surface area contributed by atoms with Crippen molar-refractivity contribution in [2.75, 3.05) is 0 Å². The minimum absolute atomic E-state index is 0.155. The Hall–Kier alpha value is -3.89. The van der Waals surface area contributed by atoms with Gasteiger partial charge in [0.25, 0.3) is 0 Å². The first-order valence-electron chi connectivity index (χ1n) is 9.57. The lowest BCUT2D eigenvalue weighted by atomic mass is 10.1. The van der Waals surface area contributed by atoms with Crippen LogP contribution in [0.1, 0.15) is 33.0 Å². The van der Waals surface area contributed by atoms with Crippen molar-refractivity contribution in [1.82, 2.24) is 34.7 Å². The van der Waals surface area contributed by atoms with Gasteiger partial charge in [0.2, 0.25) is 0 Å². The molecular formula is C21H18F3N7O. The molecule has 0 atom stereocenters. The van der Waals surface area contributed by atoms with Crippen molar-refractivity contribution in [2.45, 2.75) is 26.4 Å². The van der Waals surface area contributed by atoms with E-state index in [1.807, 2.05) is 14.0 Å². The Morgan fingerprint density at radius 2 is 1.91 bits per heavy atom. The van der Waals surface area contributed by atoms with E-state index in [0.717, 1.165) is 29.6 Å². The molecule has 0 spiro atoms. The molecular weight excluding hydrogens is 423 g/mol. The summed E-state index contributed by atoms with van der Waals surface area (Å²) < 4.78 is 42.0. The van der Waals surface area contributed by atoms with E-state index in [-0.39, 0.29) is 12.1 Å². The standard InChI is InChI=1S/C21H18F3N7O/c1-12-19(31-11-18(28-29-31)16-10-27-30(3)13(16)2)6-14(9-26-12)7-20(32)17-8-15(4-5-25-17)21(22,23)24/h4-6,8-11H,7H2,1-3H3. The first-order chi connectivity index (χ1) is 15.1. The third-order valence-corrected chi connectivity index (χ3v) is 5.11. The quantitative estimate of drug-likeness (QED) is 0.440. The van der Waals surface area contributed by atoms with Crippen LogP contribution in [0, 0.1) is 13.8 Å². The molecule has 0 amide bonds. The van der Waals surface area contributed by atoms with Crippen LogP contribution in [0.25, 0.3) is 16.9 Å². The highest BCUT2D eigenvalue weighted by Gasteiger charge is 2.31. The second-order valence-corrected chi connectivity index (χ2v) is 7.29. The number of halogens is 3. The number of nitrogens with zero attached hydrogens (tertiary/aromatic N) is 7. The van der Waals surface area contributed by atoms with Crippen molar-refractivity contribution in [3.05, 3.63) is 71.2 Å². The second kappa shape index (κ2) is 7.98. The molecule has 4 rings (SSSR count). The van der Waals surface area contributed by atoms with E-state index in [4.69, 9.17) is 0 Å². The number of aryl methyl sites for hydroxylation is 2. The van der Waals surface area contributed by atoms with Gasteiger partial charge in [-0.25, -0.2) is 4.68 Å². The average Bonchev–Trinajstić information content (AvgIpc) is 3.36. The zero-order valence-corrected chi connectivity index (χ0v) is 17.4. The Kier molecular flexibility index (Phi) is 5.33. The van der Waals surface area contributed by atoms with Gasteiger partial charge in [-0.05, 0) is 37.6 Å². The second-order valence-electron chi connectivity index (χ2n) is 7.29. The van der Waals surface area contributed by atoms with E-state index in [0.29, 0.717) is 22.6 Å². The summed E-state index contributed by atoms with van der Waals surface area (Å²) >= 11 is 0. The van der Waals surface area contributed by atoms with Crippen LogP contribution in [0.3, 0.4) is 0 Å². The fourth-order valence-electron chi connectivity index (χ4n) is 3.18. The molecule has 164 valence electrons. The fourth-order valence-corrected chi connectivity index (χ4v) is 3.18. The Bertz CT molecular complexity index is 1310. The number of aromatic nitrogens is 7. The molecule has 0 saturated carbocycles. The van der Waals surface area contributed by atoms with E-state index in [1.165, 1.54) is 6.20 Å². The van der Waals surface area contributed by atoms with E-state index in [9.17, 15) is 18.0 Å². The van der Waals surface area contributed by atoms with Crippen molar-refractivity contribution in [3.8, 4) is 16.9 Å². The predicted molar refractivity (Wildman–Crippen MR) is 108 cm³/mol.